The Labute approximate surface area is 217 Å². The Bertz CT molecular complexity index is 1370. The van der Waals surface area contributed by atoms with E-state index in [0.29, 0.717) is 10.6 Å². The SMILES string of the molecule is Cc1ccc(S(=O)(=O)N(CC(=O)NC(c2ccccc2)c2ccccc2)Cc2cccc(Cl)c2)cc1. The smallest absolute Gasteiger partial charge is 0.243 e. The predicted molar refractivity (Wildman–Crippen MR) is 143 cm³/mol. The second-order valence-corrected chi connectivity index (χ2v) is 10.9. The van der Waals surface area contributed by atoms with Crippen LogP contribution < -0.4 is 5.32 Å². The Balaban J connectivity index is 1.64. The molecular formula is C29H27ClN2O3S. The molecule has 0 saturated heterocycles. The van der Waals surface area contributed by atoms with Gasteiger partial charge in [-0.15, -0.1) is 0 Å². The normalized spacial score (nSPS) is 11.6. The van der Waals surface area contributed by atoms with E-state index in [-0.39, 0.29) is 18.0 Å². The van der Waals surface area contributed by atoms with Crippen molar-refractivity contribution in [3.63, 3.8) is 0 Å². The summed E-state index contributed by atoms with van der Waals surface area (Å²) in [6, 6.07) is 32.3. The van der Waals surface area contributed by atoms with Crippen molar-refractivity contribution >= 4 is 27.5 Å². The summed E-state index contributed by atoms with van der Waals surface area (Å²) >= 11 is 6.14. The van der Waals surface area contributed by atoms with Gasteiger partial charge in [-0.2, -0.15) is 4.31 Å². The molecule has 0 saturated carbocycles. The maximum absolute atomic E-state index is 13.6. The molecule has 36 heavy (non-hydrogen) atoms. The van der Waals surface area contributed by atoms with E-state index in [1.165, 1.54) is 4.31 Å². The largest absolute Gasteiger partial charge is 0.344 e. The number of carbonyl (C=O) groups excluding carboxylic acids is 1. The van der Waals surface area contributed by atoms with Crippen LogP contribution in [0, 0.1) is 6.92 Å². The summed E-state index contributed by atoms with van der Waals surface area (Å²) in [5.41, 5.74) is 3.44. The summed E-state index contributed by atoms with van der Waals surface area (Å²) in [6.45, 7) is 1.55. The van der Waals surface area contributed by atoms with Crippen molar-refractivity contribution in [2.45, 2.75) is 24.4 Å². The molecule has 0 aliphatic heterocycles. The zero-order valence-electron chi connectivity index (χ0n) is 19.8. The summed E-state index contributed by atoms with van der Waals surface area (Å²) in [5, 5.41) is 3.54. The van der Waals surface area contributed by atoms with Gasteiger partial charge in [0.2, 0.25) is 15.9 Å². The van der Waals surface area contributed by atoms with Crippen LogP contribution in [0.4, 0.5) is 0 Å². The number of nitrogens with zero attached hydrogens (tertiary/aromatic N) is 1. The molecule has 0 aliphatic rings. The third-order valence-electron chi connectivity index (χ3n) is 5.80. The first-order valence-corrected chi connectivity index (χ1v) is 13.4. The summed E-state index contributed by atoms with van der Waals surface area (Å²) in [5.74, 6) is -0.412. The number of aryl methyl sites for hydroxylation is 1. The van der Waals surface area contributed by atoms with Crippen molar-refractivity contribution < 1.29 is 13.2 Å². The van der Waals surface area contributed by atoms with E-state index in [9.17, 15) is 13.2 Å². The van der Waals surface area contributed by atoms with Gasteiger partial charge in [0.05, 0.1) is 17.5 Å². The fourth-order valence-corrected chi connectivity index (χ4v) is 5.54. The van der Waals surface area contributed by atoms with Gasteiger partial charge in [-0.05, 0) is 47.9 Å². The minimum Gasteiger partial charge on any atom is -0.344 e. The zero-order valence-corrected chi connectivity index (χ0v) is 21.4. The summed E-state index contributed by atoms with van der Waals surface area (Å²) < 4.78 is 28.4. The lowest BCUT2D eigenvalue weighted by atomic mass is 9.99. The molecule has 0 bridgehead atoms. The molecule has 7 heteroatoms. The maximum atomic E-state index is 13.6. The maximum Gasteiger partial charge on any atom is 0.243 e. The molecule has 0 fully saturated rings. The van der Waals surface area contributed by atoms with Gasteiger partial charge in [0.1, 0.15) is 0 Å². The number of hydrogen-bond donors (Lipinski definition) is 1. The fraction of sp³-hybridized carbons (Fsp3) is 0.138. The first-order chi connectivity index (χ1) is 17.3. The van der Waals surface area contributed by atoms with Crippen LogP contribution in [0.5, 0.6) is 0 Å². The van der Waals surface area contributed by atoms with Crippen molar-refractivity contribution in [3.05, 3.63) is 136 Å². The molecule has 0 aliphatic carbocycles. The van der Waals surface area contributed by atoms with Crippen molar-refractivity contribution in [1.29, 1.82) is 0 Å². The average Bonchev–Trinajstić information content (AvgIpc) is 2.88. The number of amides is 1. The molecule has 4 aromatic rings. The quantitative estimate of drug-likeness (QED) is 0.307. The highest BCUT2D eigenvalue weighted by Crippen LogP contribution is 2.23. The van der Waals surface area contributed by atoms with E-state index in [1.54, 1.807) is 48.5 Å². The minimum atomic E-state index is -3.96. The Kier molecular flexibility index (Phi) is 8.21. The molecule has 0 atom stereocenters. The van der Waals surface area contributed by atoms with Gasteiger partial charge < -0.3 is 5.32 Å². The zero-order chi connectivity index (χ0) is 25.5. The molecule has 0 heterocycles. The summed E-state index contributed by atoms with van der Waals surface area (Å²) in [4.78, 5) is 13.5. The Morgan fingerprint density at radius 3 is 1.97 bits per heavy atom. The third-order valence-corrected chi connectivity index (χ3v) is 7.84. The fourth-order valence-electron chi connectivity index (χ4n) is 3.94. The van der Waals surface area contributed by atoms with Crippen molar-refractivity contribution in [1.82, 2.24) is 9.62 Å². The lowest BCUT2D eigenvalue weighted by Crippen LogP contribution is -2.41. The Morgan fingerprint density at radius 1 is 0.833 bits per heavy atom. The minimum absolute atomic E-state index is 0.00549. The highest BCUT2D eigenvalue weighted by molar-refractivity contribution is 7.89. The molecule has 0 unspecified atom stereocenters. The van der Waals surface area contributed by atoms with Crippen LogP contribution in [0.3, 0.4) is 0 Å². The van der Waals surface area contributed by atoms with E-state index < -0.39 is 22.0 Å². The van der Waals surface area contributed by atoms with Crippen LogP contribution in [-0.4, -0.2) is 25.2 Å². The molecule has 0 radical (unpaired) electrons. The number of carbonyl (C=O) groups is 1. The topological polar surface area (TPSA) is 66.5 Å². The molecule has 184 valence electrons. The van der Waals surface area contributed by atoms with Crippen molar-refractivity contribution in [2.75, 3.05) is 6.54 Å². The van der Waals surface area contributed by atoms with E-state index >= 15 is 0 Å². The van der Waals surface area contributed by atoms with Gasteiger partial charge >= 0.3 is 0 Å². The monoisotopic (exact) mass is 518 g/mol. The van der Waals surface area contributed by atoms with Crippen LogP contribution in [-0.2, 0) is 21.4 Å². The van der Waals surface area contributed by atoms with Crippen LogP contribution >= 0.6 is 11.6 Å². The predicted octanol–water partition coefficient (Wildman–Crippen LogP) is 5.75. The van der Waals surface area contributed by atoms with Gasteiger partial charge in [-0.25, -0.2) is 8.42 Å². The van der Waals surface area contributed by atoms with Gasteiger partial charge in [0.25, 0.3) is 0 Å². The van der Waals surface area contributed by atoms with Crippen LogP contribution in [0.15, 0.2) is 114 Å². The molecule has 4 rings (SSSR count). The van der Waals surface area contributed by atoms with Crippen LogP contribution in [0.25, 0.3) is 0 Å². The first-order valence-electron chi connectivity index (χ1n) is 11.5. The van der Waals surface area contributed by atoms with Crippen molar-refractivity contribution in [3.8, 4) is 0 Å². The molecule has 1 N–H and O–H groups in total. The second kappa shape index (κ2) is 11.5. The first kappa shape index (κ1) is 25.6. The van der Waals surface area contributed by atoms with Gasteiger partial charge in [-0.1, -0.05) is 102 Å². The summed E-state index contributed by atoms with van der Waals surface area (Å²) in [6.07, 6.45) is 0. The van der Waals surface area contributed by atoms with Crippen LogP contribution in [0.2, 0.25) is 5.02 Å². The number of hydrogen-bond acceptors (Lipinski definition) is 3. The molecule has 0 aromatic heterocycles. The summed E-state index contributed by atoms with van der Waals surface area (Å²) in [7, 11) is -3.96. The van der Waals surface area contributed by atoms with E-state index in [4.69, 9.17) is 11.6 Å². The number of rotatable bonds is 9. The molecule has 0 spiro atoms. The van der Waals surface area contributed by atoms with Gasteiger partial charge in [0, 0.05) is 11.6 Å². The lowest BCUT2D eigenvalue weighted by molar-refractivity contribution is -0.121. The molecule has 1 amide bonds. The molecule has 5 nitrogen and oxygen atoms in total. The molecular weight excluding hydrogens is 492 g/mol. The van der Waals surface area contributed by atoms with E-state index in [2.05, 4.69) is 5.32 Å². The third kappa shape index (κ3) is 6.40. The van der Waals surface area contributed by atoms with E-state index in [0.717, 1.165) is 16.7 Å². The number of sulfonamides is 1. The lowest BCUT2D eigenvalue weighted by Gasteiger charge is -2.25. The van der Waals surface area contributed by atoms with Gasteiger partial charge in [-0.3, -0.25) is 4.79 Å². The Hall–Kier alpha value is -3.45. The van der Waals surface area contributed by atoms with E-state index in [1.807, 2.05) is 67.6 Å². The average molecular weight is 519 g/mol. The number of benzene rings is 4. The van der Waals surface area contributed by atoms with Crippen LogP contribution in [0.1, 0.15) is 28.3 Å². The van der Waals surface area contributed by atoms with Crippen molar-refractivity contribution in [2.24, 2.45) is 0 Å². The highest BCUT2D eigenvalue weighted by Gasteiger charge is 2.28. The standard InChI is InChI=1S/C29H27ClN2O3S/c1-22-15-17-27(18-16-22)36(34,35)32(20-23-9-8-14-26(30)19-23)21-28(33)31-29(24-10-4-2-5-11-24)25-12-6-3-7-13-25/h2-19,29H,20-21H2,1H3,(H,31,33). The highest BCUT2D eigenvalue weighted by atomic mass is 35.5. The second-order valence-electron chi connectivity index (χ2n) is 8.54. The Morgan fingerprint density at radius 2 is 1.42 bits per heavy atom. The number of halogens is 1. The molecule has 4 aromatic carbocycles. The van der Waals surface area contributed by atoms with Gasteiger partial charge in [0.15, 0.2) is 0 Å². The number of nitrogens with one attached hydrogen (secondary N) is 1.